The smallest absolute Gasteiger partial charge is 0.326 e. The number of carboxylic acid groups (broad SMARTS) is 1. The van der Waals surface area contributed by atoms with Crippen molar-refractivity contribution in [3.63, 3.8) is 0 Å². The van der Waals surface area contributed by atoms with Gasteiger partial charge in [-0.1, -0.05) is 53.5 Å². The van der Waals surface area contributed by atoms with Crippen LogP contribution in [0.5, 0.6) is 0 Å². The quantitative estimate of drug-likeness (QED) is 0.846. The van der Waals surface area contributed by atoms with Gasteiger partial charge in [-0.2, -0.15) is 0 Å². The van der Waals surface area contributed by atoms with Crippen molar-refractivity contribution >= 4 is 35.1 Å². The lowest BCUT2D eigenvalue weighted by molar-refractivity contribution is -0.149. The van der Waals surface area contributed by atoms with Gasteiger partial charge in [0, 0.05) is 6.54 Å². The highest BCUT2D eigenvalue weighted by molar-refractivity contribution is 6.53. The summed E-state index contributed by atoms with van der Waals surface area (Å²) in [6, 6.07) is 8.06. The number of rotatable bonds is 5. The molecule has 0 radical (unpaired) electrons. The fraction of sp³-hybridized carbons (Fsp3) is 0.333. The minimum atomic E-state index is -1.27. The van der Waals surface area contributed by atoms with Crippen LogP contribution in [0.4, 0.5) is 0 Å². The second-order valence-electron chi connectivity index (χ2n) is 3.77. The molecular weight excluding hydrogens is 277 g/mol. The number of nitrogens with zero attached hydrogens (tertiary/aromatic N) is 1. The maximum atomic E-state index is 11.8. The van der Waals surface area contributed by atoms with Crippen LogP contribution in [0, 0.1) is 0 Å². The molecule has 1 atom stereocenters. The summed E-state index contributed by atoms with van der Waals surface area (Å²) in [4.78, 5) is 22.6. The fourth-order valence-corrected chi connectivity index (χ4v) is 1.70. The Hall–Kier alpha value is -1.26. The molecule has 1 unspecified atom stereocenters. The van der Waals surface area contributed by atoms with Gasteiger partial charge in [-0.05, 0) is 12.5 Å². The molecule has 0 fully saturated rings. The van der Waals surface area contributed by atoms with Crippen molar-refractivity contribution < 1.29 is 14.7 Å². The number of amides is 1. The van der Waals surface area contributed by atoms with E-state index >= 15 is 0 Å². The molecule has 0 aliphatic rings. The maximum Gasteiger partial charge on any atom is 0.326 e. The highest BCUT2D eigenvalue weighted by Gasteiger charge is 2.29. The van der Waals surface area contributed by atoms with Gasteiger partial charge in [-0.15, -0.1) is 0 Å². The Kier molecular flexibility index (Phi) is 5.44. The Balaban J connectivity index is 2.91. The van der Waals surface area contributed by atoms with Crippen molar-refractivity contribution in [1.29, 1.82) is 0 Å². The standard InChI is InChI=1S/C12H13Cl2NO3/c1-8(12(17)18)15(11(16)10(13)14)7-9-5-3-2-4-6-9/h2-6,8,10H,7H2,1H3,(H,17,18). The molecule has 1 aromatic carbocycles. The third-order valence-corrected chi connectivity index (χ3v) is 2.86. The lowest BCUT2D eigenvalue weighted by Crippen LogP contribution is -2.44. The Bertz CT molecular complexity index is 423. The summed E-state index contributed by atoms with van der Waals surface area (Å²) >= 11 is 11.0. The second-order valence-corrected chi connectivity index (χ2v) is 4.86. The average Bonchev–Trinajstić information content (AvgIpc) is 2.35. The van der Waals surface area contributed by atoms with Gasteiger partial charge in [0.05, 0.1) is 0 Å². The third-order valence-electron chi connectivity index (χ3n) is 2.49. The van der Waals surface area contributed by atoms with Crippen molar-refractivity contribution in [2.75, 3.05) is 0 Å². The number of hydrogen-bond acceptors (Lipinski definition) is 2. The zero-order valence-electron chi connectivity index (χ0n) is 9.72. The van der Waals surface area contributed by atoms with Crippen molar-refractivity contribution in [1.82, 2.24) is 4.90 Å². The minimum absolute atomic E-state index is 0.156. The molecule has 1 N–H and O–H groups in total. The molecule has 1 rings (SSSR count). The van der Waals surface area contributed by atoms with Crippen LogP contribution in [0.2, 0.25) is 0 Å². The van der Waals surface area contributed by atoms with Crippen LogP contribution in [-0.4, -0.2) is 32.8 Å². The molecule has 0 aromatic heterocycles. The zero-order valence-corrected chi connectivity index (χ0v) is 11.2. The van der Waals surface area contributed by atoms with E-state index in [-0.39, 0.29) is 6.54 Å². The molecule has 0 heterocycles. The van der Waals surface area contributed by atoms with Gasteiger partial charge in [-0.3, -0.25) is 4.79 Å². The summed E-state index contributed by atoms with van der Waals surface area (Å²) in [5, 5.41) is 8.98. The first-order chi connectivity index (χ1) is 8.43. The molecule has 0 spiro atoms. The summed E-state index contributed by atoms with van der Waals surface area (Å²) in [5.41, 5.74) is 0.813. The molecular formula is C12H13Cl2NO3. The zero-order chi connectivity index (χ0) is 13.7. The van der Waals surface area contributed by atoms with Gasteiger partial charge in [0.2, 0.25) is 0 Å². The average molecular weight is 290 g/mol. The predicted octanol–water partition coefficient (Wildman–Crippen LogP) is 2.29. The maximum absolute atomic E-state index is 11.8. The highest BCUT2D eigenvalue weighted by Crippen LogP contribution is 2.14. The van der Waals surface area contributed by atoms with Crippen LogP contribution in [0.15, 0.2) is 30.3 Å². The van der Waals surface area contributed by atoms with Gasteiger partial charge >= 0.3 is 5.97 Å². The SMILES string of the molecule is CC(C(=O)O)N(Cc1ccccc1)C(=O)C(Cl)Cl. The summed E-state index contributed by atoms with van der Waals surface area (Å²) in [7, 11) is 0. The summed E-state index contributed by atoms with van der Waals surface area (Å²) in [6.45, 7) is 1.57. The minimum Gasteiger partial charge on any atom is -0.480 e. The molecule has 6 heteroatoms. The molecule has 1 amide bonds. The molecule has 0 aliphatic heterocycles. The Labute approximate surface area is 115 Å². The first-order valence-electron chi connectivity index (χ1n) is 5.29. The third kappa shape index (κ3) is 3.89. The molecule has 0 bridgehead atoms. The van der Waals surface area contributed by atoms with E-state index in [0.29, 0.717) is 0 Å². The van der Waals surface area contributed by atoms with E-state index in [1.54, 1.807) is 12.1 Å². The number of hydrogen-bond donors (Lipinski definition) is 1. The topological polar surface area (TPSA) is 57.6 Å². The van der Waals surface area contributed by atoms with Crippen LogP contribution in [0.1, 0.15) is 12.5 Å². The van der Waals surface area contributed by atoms with Gasteiger partial charge in [0.15, 0.2) is 4.84 Å². The van der Waals surface area contributed by atoms with Crippen molar-refractivity contribution in [3.05, 3.63) is 35.9 Å². The number of carbonyl (C=O) groups is 2. The van der Waals surface area contributed by atoms with Gasteiger partial charge < -0.3 is 10.0 Å². The molecule has 18 heavy (non-hydrogen) atoms. The number of halogens is 2. The molecule has 1 aromatic rings. The van der Waals surface area contributed by atoms with Crippen LogP contribution in [0.25, 0.3) is 0 Å². The summed E-state index contributed by atoms with van der Waals surface area (Å²) < 4.78 is 0. The number of benzene rings is 1. The predicted molar refractivity (Wildman–Crippen MR) is 69.6 cm³/mol. The van der Waals surface area contributed by atoms with E-state index in [9.17, 15) is 9.59 Å². The lowest BCUT2D eigenvalue weighted by Gasteiger charge is -2.27. The number of aliphatic carboxylic acids is 1. The van der Waals surface area contributed by atoms with Crippen LogP contribution in [0.3, 0.4) is 0 Å². The molecule has 98 valence electrons. The van der Waals surface area contributed by atoms with Crippen molar-refractivity contribution in [3.8, 4) is 0 Å². The van der Waals surface area contributed by atoms with E-state index in [0.717, 1.165) is 10.5 Å². The molecule has 4 nitrogen and oxygen atoms in total. The van der Waals surface area contributed by atoms with Gasteiger partial charge in [0.25, 0.3) is 5.91 Å². The number of carboxylic acids is 1. The molecule has 0 saturated carbocycles. The Morgan fingerprint density at radius 3 is 2.28 bits per heavy atom. The number of alkyl halides is 2. The first kappa shape index (κ1) is 14.8. The largest absolute Gasteiger partial charge is 0.480 e. The van der Waals surface area contributed by atoms with Crippen LogP contribution in [-0.2, 0) is 16.1 Å². The van der Waals surface area contributed by atoms with E-state index in [2.05, 4.69) is 0 Å². The summed E-state index contributed by atoms with van der Waals surface area (Å²) in [5.74, 6) is -1.72. The summed E-state index contributed by atoms with van der Waals surface area (Å²) in [6.07, 6.45) is 0. The Morgan fingerprint density at radius 2 is 1.83 bits per heavy atom. The van der Waals surface area contributed by atoms with Crippen molar-refractivity contribution in [2.45, 2.75) is 24.3 Å². The van der Waals surface area contributed by atoms with E-state index in [1.165, 1.54) is 6.92 Å². The van der Waals surface area contributed by atoms with E-state index in [1.807, 2.05) is 18.2 Å². The lowest BCUT2D eigenvalue weighted by atomic mass is 10.2. The molecule has 0 saturated heterocycles. The van der Waals surface area contributed by atoms with Gasteiger partial charge in [0.1, 0.15) is 6.04 Å². The van der Waals surface area contributed by atoms with E-state index in [4.69, 9.17) is 28.3 Å². The van der Waals surface area contributed by atoms with Gasteiger partial charge in [-0.25, -0.2) is 4.79 Å². The van der Waals surface area contributed by atoms with Crippen LogP contribution < -0.4 is 0 Å². The van der Waals surface area contributed by atoms with Crippen LogP contribution >= 0.6 is 23.2 Å². The normalized spacial score (nSPS) is 12.2. The molecule has 0 aliphatic carbocycles. The monoisotopic (exact) mass is 289 g/mol. The fourth-order valence-electron chi connectivity index (χ4n) is 1.44. The Morgan fingerprint density at radius 1 is 1.28 bits per heavy atom. The number of carbonyl (C=O) groups excluding carboxylic acids is 1. The highest BCUT2D eigenvalue weighted by atomic mass is 35.5. The van der Waals surface area contributed by atoms with E-state index < -0.39 is 22.8 Å². The second kappa shape index (κ2) is 6.61. The van der Waals surface area contributed by atoms with Crippen molar-refractivity contribution in [2.24, 2.45) is 0 Å². The first-order valence-corrected chi connectivity index (χ1v) is 6.16.